The van der Waals surface area contributed by atoms with Crippen LogP contribution in [0.25, 0.3) is 0 Å². The molecule has 20 heavy (non-hydrogen) atoms. The molecule has 0 radical (unpaired) electrons. The van der Waals surface area contributed by atoms with Gasteiger partial charge in [-0.05, 0) is 36.5 Å². The summed E-state index contributed by atoms with van der Waals surface area (Å²) in [5.41, 5.74) is 0.503. The fourth-order valence-electron chi connectivity index (χ4n) is 2.52. The Labute approximate surface area is 121 Å². The lowest BCUT2D eigenvalue weighted by atomic mass is 9.86. The van der Waals surface area contributed by atoms with Gasteiger partial charge in [-0.3, -0.25) is 4.79 Å². The number of carboxylic acids is 1. The highest BCUT2D eigenvalue weighted by molar-refractivity contribution is 7.91. The van der Waals surface area contributed by atoms with Crippen LogP contribution in [-0.2, 0) is 21.1 Å². The summed E-state index contributed by atoms with van der Waals surface area (Å²) in [5.74, 6) is -2.99. The predicted octanol–water partition coefficient (Wildman–Crippen LogP) is 2.16. The molecule has 2 unspecified atom stereocenters. The van der Waals surface area contributed by atoms with Gasteiger partial charge in [-0.1, -0.05) is 17.7 Å². The summed E-state index contributed by atoms with van der Waals surface area (Å²) in [6, 6.07) is 4.13. The molecule has 0 aliphatic carbocycles. The molecule has 0 saturated carbocycles. The van der Waals surface area contributed by atoms with Gasteiger partial charge in [0.05, 0.1) is 22.4 Å². The third-order valence-corrected chi connectivity index (χ3v) is 5.69. The number of halogens is 2. The maximum Gasteiger partial charge on any atom is 0.307 e. The Morgan fingerprint density at radius 3 is 2.70 bits per heavy atom. The summed E-state index contributed by atoms with van der Waals surface area (Å²) in [5, 5.41) is 9.25. The van der Waals surface area contributed by atoms with Crippen molar-refractivity contribution in [2.24, 2.45) is 11.8 Å². The molecule has 1 aliphatic rings. The lowest BCUT2D eigenvalue weighted by Gasteiger charge is -2.18. The average molecular weight is 321 g/mol. The number of carboxylic acid groups (broad SMARTS) is 1. The van der Waals surface area contributed by atoms with Crippen molar-refractivity contribution in [2.45, 2.75) is 12.8 Å². The first-order valence-electron chi connectivity index (χ1n) is 6.15. The molecule has 1 aliphatic heterocycles. The minimum atomic E-state index is -3.14. The van der Waals surface area contributed by atoms with E-state index in [0.29, 0.717) is 12.0 Å². The van der Waals surface area contributed by atoms with E-state index in [-0.39, 0.29) is 22.9 Å². The fourth-order valence-corrected chi connectivity index (χ4v) is 4.51. The zero-order valence-corrected chi connectivity index (χ0v) is 12.1. The minimum Gasteiger partial charge on any atom is -0.481 e. The van der Waals surface area contributed by atoms with Crippen LogP contribution >= 0.6 is 11.6 Å². The molecular formula is C13H14ClFO4S. The van der Waals surface area contributed by atoms with E-state index in [2.05, 4.69) is 0 Å². The molecule has 2 rings (SSSR count). The Bertz CT molecular complexity index is 629. The summed E-state index contributed by atoms with van der Waals surface area (Å²) < 4.78 is 36.3. The van der Waals surface area contributed by atoms with Crippen LogP contribution < -0.4 is 0 Å². The number of sulfone groups is 1. The van der Waals surface area contributed by atoms with Crippen LogP contribution in [-0.4, -0.2) is 31.0 Å². The van der Waals surface area contributed by atoms with Crippen molar-refractivity contribution >= 4 is 27.4 Å². The summed E-state index contributed by atoms with van der Waals surface area (Å²) in [6.45, 7) is 0. The van der Waals surface area contributed by atoms with Crippen LogP contribution in [0, 0.1) is 17.7 Å². The van der Waals surface area contributed by atoms with Gasteiger partial charge in [0.1, 0.15) is 5.82 Å². The van der Waals surface area contributed by atoms with E-state index >= 15 is 0 Å². The van der Waals surface area contributed by atoms with Gasteiger partial charge in [0, 0.05) is 0 Å². The molecule has 1 N–H and O–H groups in total. The van der Waals surface area contributed by atoms with Crippen LogP contribution in [0.4, 0.5) is 4.39 Å². The first-order valence-corrected chi connectivity index (χ1v) is 8.35. The second kappa shape index (κ2) is 5.69. The SMILES string of the molecule is O=C(O)C(Cc1ccc(Cl)c(F)c1)C1CCS(=O)(=O)C1. The van der Waals surface area contributed by atoms with E-state index in [4.69, 9.17) is 11.6 Å². The van der Waals surface area contributed by atoms with E-state index in [9.17, 15) is 22.7 Å². The van der Waals surface area contributed by atoms with Crippen molar-refractivity contribution in [2.75, 3.05) is 11.5 Å². The monoisotopic (exact) mass is 320 g/mol. The number of hydrogen-bond acceptors (Lipinski definition) is 3. The smallest absolute Gasteiger partial charge is 0.307 e. The van der Waals surface area contributed by atoms with E-state index in [1.54, 1.807) is 6.07 Å². The fraction of sp³-hybridized carbons (Fsp3) is 0.462. The number of carbonyl (C=O) groups is 1. The van der Waals surface area contributed by atoms with Gasteiger partial charge < -0.3 is 5.11 Å². The molecule has 1 heterocycles. The molecule has 0 bridgehead atoms. The topological polar surface area (TPSA) is 71.4 Å². The molecular weight excluding hydrogens is 307 g/mol. The zero-order valence-electron chi connectivity index (χ0n) is 10.6. The molecule has 110 valence electrons. The second-order valence-corrected chi connectivity index (χ2v) is 7.70. The van der Waals surface area contributed by atoms with Gasteiger partial charge in [-0.2, -0.15) is 0 Å². The molecule has 0 amide bonds. The third kappa shape index (κ3) is 3.49. The van der Waals surface area contributed by atoms with Crippen LogP contribution in [0.2, 0.25) is 5.02 Å². The summed E-state index contributed by atoms with van der Waals surface area (Å²) >= 11 is 5.57. The molecule has 7 heteroatoms. The van der Waals surface area contributed by atoms with Crippen molar-refractivity contribution in [1.29, 1.82) is 0 Å². The molecule has 1 aromatic rings. The third-order valence-electron chi connectivity index (χ3n) is 3.59. The minimum absolute atomic E-state index is 0.0240. The molecule has 1 saturated heterocycles. The van der Waals surface area contributed by atoms with Crippen molar-refractivity contribution in [3.8, 4) is 0 Å². The van der Waals surface area contributed by atoms with Crippen molar-refractivity contribution < 1.29 is 22.7 Å². The lowest BCUT2D eigenvalue weighted by Crippen LogP contribution is -2.26. The Hall–Kier alpha value is -1.14. The maximum atomic E-state index is 13.4. The number of hydrogen-bond donors (Lipinski definition) is 1. The number of aliphatic carboxylic acids is 1. The predicted molar refractivity (Wildman–Crippen MR) is 73.0 cm³/mol. The number of benzene rings is 1. The Morgan fingerprint density at radius 2 is 2.20 bits per heavy atom. The maximum absolute atomic E-state index is 13.4. The van der Waals surface area contributed by atoms with Gasteiger partial charge in [0.25, 0.3) is 0 Å². The van der Waals surface area contributed by atoms with E-state index in [1.807, 2.05) is 0 Å². The number of rotatable bonds is 4. The van der Waals surface area contributed by atoms with Crippen molar-refractivity contribution in [3.05, 3.63) is 34.6 Å². The Morgan fingerprint density at radius 1 is 1.50 bits per heavy atom. The van der Waals surface area contributed by atoms with Crippen LogP contribution in [0.3, 0.4) is 0 Å². The largest absolute Gasteiger partial charge is 0.481 e. The molecule has 1 aromatic carbocycles. The van der Waals surface area contributed by atoms with Gasteiger partial charge in [-0.15, -0.1) is 0 Å². The second-order valence-electron chi connectivity index (χ2n) is 5.06. The Balaban J connectivity index is 2.18. The highest BCUT2D eigenvalue weighted by Crippen LogP contribution is 2.29. The summed E-state index contributed by atoms with van der Waals surface area (Å²) in [7, 11) is -3.14. The van der Waals surface area contributed by atoms with Gasteiger partial charge >= 0.3 is 5.97 Å². The van der Waals surface area contributed by atoms with Crippen LogP contribution in [0.15, 0.2) is 18.2 Å². The van der Waals surface area contributed by atoms with Crippen LogP contribution in [0.1, 0.15) is 12.0 Å². The lowest BCUT2D eigenvalue weighted by molar-refractivity contribution is -0.143. The average Bonchev–Trinajstić information content (AvgIpc) is 2.70. The van der Waals surface area contributed by atoms with Crippen molar-refractivity contribution in [1.82, 2.24) is 0 Å². The van der Waals surface area contributed by atoms with E-state index < -0.39 is 33.5 Å². The molecule has 0 spiro atoms. The van der Waals surface area contributed by atoms with Crippen molar-refractivity contribution in [3.63, 3.8) is 0 Å². The first kappa shape index (κ1) is 15.3. The first-order chi connectivity index (χ1) is 9.28. The van der Waals surface area contributed by atoms with Crippen LogP contribution in [0.5, 0.6) is 0 Å². The zero-order chi connectivity index (χ0) is 14.9. The molecule has 4 nitrogen and oxygen atoms in total. The van der Waals surface area contributed by atoms with Gasteiger partial charge in [0.15, 0.2) is 9.84 Å². The highest BCUT2D eigenvalue weighted by Gasteiger charge is 2.37. The molecule has 1 fully saturated rings. The highest BCUT2D eigenvalue weighted by atomic mass is 35.5. The summed E-state index contributed by atoms with van der Waals surface area (Å²) in [6.07, 6.45) is 0.443. The quantitative estimate of drug-likeness (QED) is 0.922. The van der Waals surface area contributed by atoms with Gasteiger partial charge in [0.2, 0.25) is 0 Å². The van der Waals surface area contributed by atoms with Gasteiger partial charge in [-0.25, -0.2) is 12.8 Å². The normalized spacial score (nSPS) is 22.6. The Kier molecular flexibility index (Phi) is 4.34. The molecule has 2 atom stereocenters. The summed E-state index contributed by atoms with van der Waals surface area (Å²) in [4.78, 5) is 11.3. The van der Waals surface area contributed by atoms with E-state index in [0.717, 1.165) is 0 Å². The van der Waals surface area contributed by atoms with E-state index in [1.165, 1.54) is 12.1 Å². The molecule has 0 aromatic heterocycles. The standard InChI is InChI=1S/C13H14ClFO4S/c14-11-2-1-8(6-12(11)15)5-10(13(16)17)9-3-4-20(18,19)7-9/h1-2,6,9-10H,3-5,7H2,(H,16,17).